The topological polar surface area (TPSA) is 134 Å². The molecular formula is C28H35NO11. The van der Waals surface area contributed by atoms with E-state index in [0.29, 0.717) is 72.7 Å². The number of carbonyl (C=O) groups excluding carboxylic acids is 1. The van der Waals surface area contributed by atoms with Crippen LogP contribution < -0.4 is 4.74 Å². The highest BCUT2D eigenvalue weighted by Gasteiger charge is 2.09. The van der Waals surface area contributed by atoms with Gasteiger partial charge in [-0.05, 0) is 29.8 Å². The maximum Gasteiger partial charge on any atom is 0.513 e. The molecule has 0 N–H and O–H groups in total. The largest absolute Gasteiger partial charge is 0.513 e. The Bertz CT molecular complexity index is 1010. The molecule has 0 spiro atoms. The molecule has 12 nitrogen and oxygen atoms in total. The average Bonchev–Trinajstić information content (AvgIpc) is 2.96. The van der Waals surface area contributed by atoms with E-state index in [-0.39, 0.29) is 24.7 Å². The third kappa shape index (κ3) is 15.7. The van der Waals surface area contributed by atoms with Crippen LogP contribution in [0.4, 0.5) is 10.5 Å². The number of nitro benzene ring substituents is 1. The van der Waals surface area contributed by atoms with Crippen LogP contribution in [0.5, 0.6) is 5.75 Å². The zero-order valence-electron chi connectivity index (χ0n) is 22.3. The van der Waals surface area contributed by atoms with Crippen molar-refractivity contribution in [2.45, 2.75) is 6.61 Å². The Hall–Kier alpha value is -3.57. The quantitative estimate of drug-likeness (QED) is 0.0523. The summed E-state index contributed by atoms with van der Waals surface area (Å²) in [6.07, 6.45) is 4.41. The Morgan fingerprint density at radius 3 is 1.57 bits per heavy atom. The summed E-state index contributed by atoms with van der Waals surface area (Å²) in [7, 11) is 0. The lowest BCUT2D eigenvalue weighted by Crippen LogP contribution is -2.16. The van der Waals surface area contributed by atoms with Crippen molar-refractivity contribution in [1.29, 1.82) is 0 Å². The smallest absolute Gasteiger partial charge is 0.432 e. The molecule has 0 aliphatic carbocycles. The average molecular weight is 562 g/mol. The van der Waals surface area contributed by atoms with Crippen LogP contribution in [0.3, 0.4) is 0 Å². The van der Waals surface area contributed by atoms with Gasteiger partial charge >= 0.3 is 6.16 Å². The van der Waals surface area contributed by atoms with Gasteiger partial charge in [0.1, 0.15) is 12.4 Å². The van der Waals surface area contributed by atoms with Gasteiger partial charge in [-0.2, -0.15) is 0 Å². The van der Waals surface area contributed by atoms with E-state index in [4.69, 9.17) is 44.3 Å². The van der Waals surface area contributed by atoms with Crippen molar-refractivity contribution in [3.05, 3.63) is 69.8 Å². The van der Waals surface area contributed by atoms with Gasteiger partial charge in [-0.1, -0.05) is 18.1 Å². The van der Waals surface area contributed by atoms with Gasteiger partial charge in [0.05, 0.1) is 84.2 Å². The van der Waals surface area contributed by atoms with E-state index >= 15 is 0 Å². The molecule has 0 atom stereocenters. The summed E-state index contributed by atoms with van der Waals surface area (Å²) in [4.78, 5) is 21.6. The molecule has 2 rings (SSSR count). The minimum atomic E-state index is -0.924. The molecule has 0 aliphatic heterocycles. The first kappa shape index (κ1) is 32.6. The van der Waals surface area contributed by atoms with Crippen LogP contribution in [0.2, 0.25) is 0 Å². The van der Waals surface area contributed by atoms with E-state index < -0.39 is 11.1 Å². The van der Waals surface area contributed by atoms with Gasteiger partial charge in [-0.15, -0.1) is 6.42 Å². The Kier molecular flexibility index (Phi) is 17.4. The van der Waals surface area contributed by atoms with Gasteiger partial charge < -0.3 is 37.9 Å². The molecule has 0 heterocycles. The van der Waals surface area contributed by atoms with Gasteiger partial charge in [0.25, 0.3) is 5.69 Å². The van der Waals surface area contributed by atoms with Crippen LogP contribution in [-0.2, 0) is 39.8 Å². The number of carbonyl (C=O) groups is 1. The van der Waals surface area contributed by atoms with Gasteiger partial charge in [0.15, 0.2) is 0 Å². The maximum atomic E-state index is 11.6. The summed E-state index contributed by atoms with van der Waals surface area (Å²) >= 11 is 0. The lowest BCUT2D eigenvalue weighted by Gasteiger charge is -2.09. The Labute approximate surface area is 233 Å². The second kappa shape index (κ2) is 21.3. The SMILES string of the molecule is C#Cc1ccc(COCCOCCOCCOCCOCCOCCOC(=O)Oc2ccc([N+](=O)[O-])cc2)cc1. The molecule has 0 saturated carbocycles. The monoisotopic (exact) mass is 561 g/mol. The number of rotatable bonds is 22. The summed E-state index contributed by atoms with van der Waals surface area (Å²) in [5, 5.41) is 10.6. The van der Waals surface area contributed by atoms with Crippen LogP contribution in [0.1, 0.15) is 11.1 Å². The minimum absolute atomic E-state index is 0.00312. The standard InChI is InChI=1S/C28H35NO11/c1-2-24-3-5-25(6-4-24)23-38-20-19-36-16-15-34-12-11-33-13-14-35-17-18-37-21-22-39-28(30)40-27-9-7-26(8-10-27)29(31)32/h1,3-10H,11-23H2. The van der Waals surface area contributed by atoms with Gasteiger partial charge in [-0.3, -0.25) is 10.1 Å². The summed E-state index contributed by atoms with van der Waals surface area (Å²) in [5.74, 6) is 2.72. The Morgan fingerprint density at radius 2 is 1.12 bits per heavy atom. The second-order valence-electron chi connectivity index (χ2n) is 7.91. The summed E-state index contributed by atoms with van der Waals surface area (Å²) in [6, 6.07) is 12.7. The Balaban J connectivity index is 1.26. The molecule has 40 heavy (non-hydrogen) atoms. The number of terminal acetylenes is 1. The van der Waals surface area contributed by atoms with Crippen molar-refractivity contribution >= 4 is 11.8 Å². The van der Waals surface area contributed by atoms with Crippen LogP contribution in [0.25, 0.3) is 0 Å². The van der Waals surface area contributed by atoms with Gasteiger partial charge in [-0.25, -0.2) is 4.79 Å². The molecule has 0 radical (unpaired) electrons. The van der Waals surface area contributed by atoms with Crippen molar-refractivity contribution in [3.8, 4) is 18.1 Å². The van der Waals surface area contributed by atoms with Gasteiger partial charge in [0.2, 0.25) is 0 Å². The summed E-state index contributed by atoms with van der Waals surface area (Å²) < 4.78 is 42.3. The zero-order valence-corrected chi connectivity index (χ0v) is 22.3. The van der Waals surface area contributed by atoms with Crippen molar-refractivity contribution in [2.75, 3.05) is 79.3 Å². The number of ether oxygens (including phenoxy) is 8. The summed E-state index contributed by atoms with van der Waals surface area (Å²) in [6.45, 7) is 5.09. The predicted molar refractivity (Wildman–Crippen MR) is 143 cm³/mol. The van der Waals surface area contributed by atoms with Gasteiger partial charge in [0, 0.05) is 17.7 Å². The molecule has 12 heteroatoms. The first-order chi connectivity index (χ1) is 19.6. The van der Waals surface area contributed by atoms with Crippen LogP contribution in [-0.4, -0.2) is 90.4 Å². The Morgan fingerprint density at radius 1 is 0.675 bits per heavy atom. The predicted octanol–water partition coefficient (Wildman–Crippen LogP) is 3.39. The van der Waals surface area contributed by atoms with Crippen molar-refractivity contribution < 1.29 is 47.6 Å². The zero-order chi connectivity index (χ0) is 28.7. The normalized spacial score (nSPS) is 10.7. The van der Waals surface area contributed by atoms with Crippen LogP contribution in [0.15, 0.2) is 48.5 Å². The highest BCUT2D eigenvalue weighted by atomic mass is 16.7. The lowest BCUT2D eigenvalue weighted by molar-refractivity contribution is -0.384. The molecule has 0 bridgehead atoms. The van der Waals surface area contributed by atoms with E-state index in [1.54, 1.807) is 0 Å². The molecule has 0 fully saturated rings. The minimum Gasteiger partial charge on any atom is -0.432 e. The van der Waals surface area contributed by atoms with Crippen molar-refractivity contribution in [2.24, 2.45) is 0 Å². The number of non-ortho nitro benzene ring substituents is 1. The molecule has 0 unspecified atom stereocenters. The fourth-order valence-electron chi connectivity index (χ4n) is 2.93. The summed E-state index contributed by atoms with van der Waals surface area (Å²) in [5.41, 5.74) is 1.81. The molecule has 218 valence electrons. The fourth-order valence-corrected chi connectivity index (χ4v) is 2.93. The molecule has 0 amide bonds. The van der Waals surface area contributed by atoms with E-state index in [2.05, 4.69) is 5.92 Å². The highest BCUT2D eigenvalue weighted by Crippen LogP contribution is 2.17. The van der Waals surface area contributed by atoms with E-state index in [9.17, 15) is 14.9 Å². The van der Waals surface area contributed by atoms with E-state index in [1.165, 1.54) is 24.3 Å². The number of nitrogens with zero attached hydrogens (tertiary/aromatic N) is 1. The highest BCUT2D eigenvalue weighted by molar-refractivity contribution is 5.63. The van der Waals surface area contributed by atoms with Crippen molar-refractivity contribution in [3.63, 3.8) is 0 Å². The molecule has 2 aromatic carbocycles. The number of hydrogen-bond acceptors (Lipinski definition) is 11. The lowest BCUT2D eigenvalue weighted by atomic mass is 10.1. The first-order valence-electron chi connectivity index (χ1n) is 12.7. The third-order valence-corrected chi connectivity index (χ3v) is 4.95. The second-order valence-corrected chi connectivity index (χ2v) is 7.91. The number of benzene rings is 2. The van der Waals surface area contributed by atoms with Crippen molar-refractivity contribution in [1.82, 2.24) is 0 Å². The van der Waals surface area contributed by atoms with Crippen LogP contribution >= 0.6 is 0 Å². The van der Waals surface area contributed by atoms with Crippen LogP contribution in [0, 0.1) is 22.5 Å². The van der Waals surface area contributed by atoms with E-state index in [0.717, 1.165) is 11.1 Å². The molecule has 2 aromatic rings. The molecular weight excluding hydrogens is 526 g/mol. The first-order valence-corrected chi connectivity index (χ1v) is 12.7. The maximum absolute atomic E-state index is 11.6. The number of hydrogen-bond donors (Lipinski definition) is 0. The third-order valence-electron chi connectivity index (χ3n) is 4.95. The molecule has 0 aliphatic rings. The van der Waals surface area contributed by atoms with E-state index in [1.807, 2.05) is 24.3 Å². The molecule has 0 saturated heterocycles. The number of nitro groups is 1. The fraction of sp³-hybridized carbons (Fsp3) is 0.464. The molecule has 0 aromatic heterocycles.